The number of hydrogen-bond donors (Lipinski definition) is 1. The number of benzene rings is 1. The highest BCUT2D eigenvalue weighted by molar-refractivity contribution is 5.25. The lowest BCUT2D eigenvalue weighted by atomic mass is 9.90. The van der Waals surface area contributed by atoms with Crippen molar-refractivity contribution in [3.8, 4) is 0 Å². The van der Waals surface area contributed by atoms with Gasteiger partial charge in [0.2, 0.25) is 0 Å². The summed E-state index contributed by atoms with van der Waals surface area (Å²) < 4.78 is 0. The zero-order valence-corrected chi connectivity index (χ0v) is 21.1. The van der Waals surface area contributed by atoms with Gasteiger partial charge in [0.25, 0.3) is 0 Å². The molecule has 0 saturated heterocycles. The SMILES string of the molecule is CC(c1ccccc1)N(C)C1CCc2cccnc2C1.CCCNC1CCc2cccnc2C1. The molecular weight excluding hydrogens is 416 g/mol. The van der Waals surface area contributed by atoms with Crippen LogP contribution in [0.15, 0.2) is 67.0 Å². The molecule has 4 heteroatoms. The topological polar surface area (TPSA) is 41.1 Å². The zero-order chi connectivity index (χ0) is 23.8. The summed E-state index contributed by atoms with van der Waals surface area (Å²) in [5, 5.41) is 3.57. The van der Waals surface area contributed by atoms with Gasteiger partial charge in [0.05, 0.1) is 0 Å². The number of aryl methyl sites for hydroxylation is 2. The van der Waals surface area contributed by atoms with Gasteiger partial charge in [0.1, 0.15) is 0 Å². The van der Waals surface area contributed by atoms with Crippen LogP contribution in [0.4, 0.5) is 0 Å². The number of rotatable bonds is 6. The Morgan fingerprint density at radius 3 is 2.21 bits per heavy atom. The van der Waals surface area contributed by atoms with Crippen molar-refractivity contribution in [3.63, 3.8) is 0 Å². The molecule has 0 spiro atoms. The molecule has 0 aliphatic heterocycles. The molecule has 0 amide bonds. The normalized spacial score (nSPS) is 20.0. The van der Waals surface area contributed by atoms with E-state index in [0.717, 1.165) is 25.8 Å². The molecule has 0 saturated carbocycles. The van der Waals surface area contributed by atoms with Gasteiger partial charge >= 0.3 is 0 Å². The summed E-state index contributed by atoms with van der Waals surface area (Å²) in [6.07, 6.45) is 12.0. The lowest BCUT2D eigenvalue weighted by molar-refractivity contribution is 0.168. The minimum atomic E-state index is 0.450. The molecule has 3 atom stereocenters. The van der Waals surface area contributed by atoms with Gasteiger partial charge in [0, 0.05) is 54.7 Å². The maximum Gasteiger partial charge on any atom is 0.0451 e. The maximum absolute atomic E-state index is 4.56. The summed E-state index contributed by atoms with van der Waals surface area (Å²) in [6, 6.07) is 21.0. The quantitative estimate of drug-likeness (QED) is 0.526. The highest BCUT2D eigenvalue weighted by atomic mass is 15.2. The third kappa shape index (κ3) is 6.31. The lowest BCUT2D eigenvalue weighted by Crippen LogP contribution is -2.38. The number of aromatic nitrogens is 2. The Kier molecular flexibility index (Phi) is 8.84. The standard InChI is InChI=1S/C18H22N2.C12H18N2/c1-14(15-7-4-3-5-8-15)20(2)17-11-10-16-9-6-12-19-18(16)13-17;1-2-7-13-11-6-5-10-4-3-8-14-12(10)9-11/h3-9,12,14,17H,10-11,13H2,1-2H3;3-4,8,11,13H,2,5-7,9H2,1H3. The van der Waals surface area contributed by atoms with Gasteiger partial charge in [-0.05, 0) is 81.4 Å². The van der Waals surface area contributed by atoms with E-state index in [1.165, 1.54) is 53.8 Å². The maximum atomic E-state index is 4.56. The van der Waals surface area contributed by atoms with E-state index in [4.69, 9.17) is 0 Å². The molecule has 2 aliphatic carbocycles. The summed E-state index contributed by atoms with van der Waals surface area (Å²) in [6.45, 7) is 5.64. The van der Waals surface area contributed by atoms with Crippen molar-refractivity contribution in [1.82, 2.24) is 20.2 Å². The van der Waals surface area contributed by atoms with Gasteiger partial charge < -0.3 is 5.32 Å². The molecule has 2 heterocycles. The van der Waals surface area contributed by atoms with Crippen LogP contribution in [0.5, 0.6) is 0 Å². The van der Waals surface area contributed by atoms with Crippen LogP contribution in [0.2, 0.25) is 0 Å². The van der Waals surface area contributed by atoms with E-state index in [9.17, 15) is 0 Å². The molecule has 1 N–H and O–H groups in total. The third-order valence-corrected chi connectivity index (χ3v) is 7.50. The monoisotopic (exact) mass is 456 g/mol. The second-order valence-corrected chi connectivity index (χ2v) is 9.76. The van der Waals surface area contributed by atoms with E-state index in [-0.39, 0.29) is 0 Å². The number of nitrogens with zero attached hydrogens (tertiary/aromatic N) is 3. The number of pyridine rings is 2. The Balaban J connectivity index is 0.000000172. The molecule has 180 valence electrons. The van der Waals surface area contributed by atoms with E-state index >= 15 is 0 Å². The van der Waals surface area contributed by atoms with Crippen molar-refractivity contribution >= 4 is 0 Å². The molecular formula is C30H40N4. The first-order chi connectivity index (χ1) is 16.7. The summed E-state index contributed by atoms with van der Waals surface area (Å²) in [4.78, 5) is 11.5. The summed E-state index contributed by atoms with van der Waals surface area (Å²) >= 11 is 0. The van der Waals surface area contributed by atoms with Crippen LogP contribution in [0.25, 0.3) is 0 Å². The predicted molar refractivity (Wildman–Crippen MR) is 141 cm³/mol. The fraction of sp³-hybridized carbons (Fsp3) is 0.467. The molecule has 2 aromatic heterocycles. The van der Waals surface area contributed by atoms with Gasteiger partial charge in [0.15, 0.2) is 0 Å². The second-order valence-electron chi connectivity index (χ2n) is 9.76. The number of fused-ring (bicyclic) bond motifs is 2. The molecule has 2 aliphatic rings. The van der Waals surface area contributed by atoms with Crippen LogP contribution in [-0.2, 0) is 25.7 Å². The van der Waals surface area contributed by atoms with Gasteiger partial charge in [-0.25, -0.2) is 0 Å². The van der Waals surface area contributed by atoms with Crippen LogP contribution in [-0.4, -0.2) is 40.5 Å². The fourth-order valence-electron chi connectivity index (χ4n) is 5.23. The van der Waals surface area contributed by atoms with Crippen LogP contribution in [0.1, 0.15) is 67.2 Å². The van der Waals surface area contributed by atoms with Crippen molar-refractivity contribution in [2.45, 2.75) is 76.9 Å². The second kappa shape index (κ2) is 12.2. The minimum absolute atomic E-state index is 0.450. The fourth-order valence-corrected chi connectivity index (χ4v) is 5.23. The van der Waals surface area contributed by atoms with Crippen molar-refractivity contribution in [3.05, 3.63) is 95.1 Å². The first kappa shape index (κ1) is 24.6. The molecule has 1 aromatic carbocycles. The average molecular weight is 457 g/mol. The lowest BCUT2D eigenvalue weighted by Gasteiger charge is -2.36. The number of hydrogen-bond acceptors (Lipinski definition) is 4. The molecule has 0 bridgehead atoms. The first-order valence-corrected chi connectivity index (χ1v) is 13.0. The largest absolute Gasteiger partial charge is 0.314 e. The molecule has 34 heavy (non-hydrogen) atoms. The van der Waals surface area contributed by atoms with E-state index in [0.29, 0.717) is 18.1 Å². The van der Waals surface area contributed by atoms with E-state index in [2.05, 4.69) is 89.6 Å². The highest BCUT2D eigenvalue weighted by Gasteiger charge is 2.26. The predicted octanol–water partition coefficient (Wildman–Crippen LogP) is 5.57. The van der Waals surface area contributed by atoms with Crippen LogP contribution in [0.3, 0.4) is 0 Å². The molecule has 0 radical (unpaired) electrons. The summed E-state index contributed by atoms with van der Waals surface area (Å²) in [5.41, 5.74) is 6.86. The van der Waals surface area contributed by atoms with Crippen molar-refractivity contribution in [2.24, 2.45) is 0 Å². The average Bonchev–Trinajstić information content (AvgIpc) is 2.91. The number of nitrogens with one attached hydrogen (secondary N) is 1. The van der Waals surface area contributed by atoms with Gasteiger partial charge in [-0.1, -0.05) is 49.4 Å². The molecule has 3 unspecified atom stereocenters. The van der Waals surface area contributed by atoms with Crippen molar-refractivity contribution in [2.75, 3.05) is 13.6 Å². The zero-order valence-electron chi connectivity index (χ0n) is 21.1. The van der Waals surface area contributed by atoms with Gasteiger partial charge in [-0.15, -0.1) is 0 Å². The Bertz CT molecular complexity index is 1020. The smallest absolute Gasteiger partial charge is 0.0451 e. The summed E-state index contributed by atoms with van der Waals surface area (Å²) in [5.74, 6) is 0. The van der Waals surface area contributed by atoms with Crippen LogP contribution < -0.4 is 5.32 Å². The Morgan fingerprint density at radius 1 is 0.882 bits per heavy atom. The minimum Gasteiger partial charge on any atom is -0.314 e. The van der Waals surface area contributed by atoms with Crippen LogP contribution in [0, 0.1) is 0 Å². The Labute approximate surface area is 205 Å². The summed E-state index contributed by atoms with van der Waals surface area (Å²) in [7, 11) is 2.25. The molecule has 0 fully saturated rings. The van der Waals surface area contributed by atoms with Crippen molar-refractivity contribution in [1.29, 1.82) is 0 Å². The number of likely N-dealkylation sites (N-methyl/N-ethyl adjacent to an activating group) is 1. The van der Waals surface area contributed by atoms with Gasteiger partial charge in [-0.3, -0.25) is 14.9 Å². The van der Waals surface area contributed by atoms with E-state index < -0.39 is 0 Å². The third-order valence-electron chi connectivity index (χ3n) is 7.50. The first-order valence-electron chi connectivity index (χ1n) is 13.0. The van der Waals surface area contributed by atoms with E-state index in [1.807, 2.05) is 18.5 Å². The molecule has 4 nitrogen and oxygen atoms in total. The Hall–Kier alpha value is -2.56. The van der Waals surface area contributed by atoms with E-state index in [1.54, 1.807) is 0 Å². The van der Waals surface area contributed by atoms with Gasteiger partial charge in [-0.2, -0.15) is 0 Å². The Morgan fingerprint density at radius 2 is 1.53 bits per heavy atom. The highest BCUT2D eigenvalue weighted by Crippen LogP contribution is 2.28. The van der Waals surface area contributed by atoms with Crippen LogP contribution >= 0.6 is 0 Å². The molecule has 5 rings (SSSR count). The molecule has 3 aromatic rings. The van der Waals surface area contributed by atoms with Crippen molar-refractivity contribution < 1.29 is 0 Å².